The van der Waals surface area contributed by atoms with E-state index in [1.165, 1.54) is 5.54 Å². The van der Waals surface area contributed by atoms with Gasteiger partial charge in [-0.1, -0.05) is 23.2 Å². The zero-order chi connectivity index (χ0) is 15.0. The fourth-order valence-corrected chi connectivity index (χ4v) is 3.06. The zero-order valence-electron chi connectivity index (χ0n) is 10.9. The second-order valence-electron chi connectivity index (χ2n) is 3.90. The highest BCUT2D eigenvalue weighted by molar-refractivity contribution is 9.11. The van der Waals surface area contributed by atoms with E-state index >= 15 is 0 Å². The predicted octanol–water partition coefficient (Wildman–Crippen LogP) is 4.65. The Morgan fingerprint density at radius 2 is 2.00 bits per heavy atom. The Labute approximate surface area is 145 Å². The molecule has 1 aromatic rings. The van der Waals surface area contributed by atoms with Crippen molar-refractivity contribution in [2.75, 3.05) is 26.9 Å². The van der Waals surface area contributed by atoms with Gasteiger partial charge in [-0.05, 0) is 49.6 Å². The highest BCUT2D eigenvalue weighted by Gasteiger charge is 2.09. The number of hydrogen-bond acceptors (Lipinski definition) is 3. The minimum atomic E-state index is 0.230. The lowest BCUT2D eigenvalue weighted by Gasteiger charge is -2.12. The Balaban J connectivity index is 2.66. The van der Waals surface area contributed by atoms with Gasteiger partial charge in [0.05, 0.1) is 20.6 Å². The zero-order valence-corrected chi connectivity index (χ0v) is 15.6. The van der Waals surface area contributed by atoms with Crippen molar-refractivity contribution < 1.29 is 9.47 Å². The molecule has 0 aliphatic carbocycles. The fraction of sp³-hybridized carbons (Fsp3) is 0.385. The third-order valence-corrected chi connectivity index (χ3v) is 4.11. The number of methoxy groups -OCH3 is 1. The molecule has 0 aliphatic heterocycles. The SMILES string of the molecule is COCCNCc1cc(Br)c(OC/C(Cl)=C/Cl)c(Br)c1. The van der Waals surface area contributed by atoms with E-state index in [0.717, 1.165) is 27.6 Å². The summed E-state index contributed by atoms with van der Waals surface area (Å²) >= 11 is 18.3. The molecule has 112 valence electrons. The minimum absolute atomic E-state index is 0.230. The van der Waals surface area contributed by atoms with Crippen LogP contribution in [0, 0.1) is 0 Å². The molecule has 3 nitrogen and oxygen atoms in total. The highest BCUT2D eigenvalue weighted by atomic mass is 79.9. The Bertz CT molecular complexity index is 447. The van der Waals surface area contributed by atoms with E-state index < -0.39 is 0 Å². The number of hydrogen-bond donors (Lipinski definition) is 1. The summed E-state index contributed by atoms with van der Waals surface area (Å²) in [6.07, 6.45) is 0. The minimum Gasteiger partial charge on any atom is -0.486 e. The summed E-state index contributed by atoms with van der Waals surface area (Å²) < 4.78 is 12.3. The van der Waals surface area contributed by atoms with Gasteiger partial charge in [0.2, 0.25) is 0 Å². The van der Waals surface area contributed by atoms with Crippen molar-refractivity contribution >= 4 is 55.1 Å². The van der Waals surface area contributed by atoms with Crippen LogP contribution in [-0.2, 0) is 11.3 Å². The third kappa shape index (κ3) is 6.33. The summed E-state index contributed by atoms with van der Waals surface area (Å²) in [5.74, 6) is 0.697. The van der Waals surface area contributed by atoms with Crippen molar-refractivity contribution in [3.8, 4) is 5.75 Å². The fourth-order valence-electron chi connectivity index (χ4n) is 1.43. The molecule has 0 saturated heterocycles. The van der Waals surface area contributed by atoms with Gasteiger partial charge in [-0.15, -0.1) is 0 Å². The first kappa shape index (κ1) is 18.3. The molecule has 1 rings (SSSR count). The predicted molar refractivity (Wildman–Crippen MR) is 90.7 cm³/mol. The summed E-state index contributed by atoms with van der Waals surface area (Å²) in [5.41, 5.74) is 2.42. The maximum absolute atomic E-state index is 5.80. The van der Waals surface area contributed by atoms with Crippen LogP contribution in [-0.4, -0.2) is 26.9 Å². The Morgan fingerprint density at radius 3 is 2.55 bits per heavy atom. The van der Waals surface area contributed by atoms with Crippen molar-refractivity contribution in [3.63, 3.8) is 0 Å². The van der Waals surface area contributed by atoms with Crippen LogP contribution in [0.2, 0.25) is 0 Å². The lowest BCUT2D eigenvalue weighted by atomic mass is 10.2. The number of benzene rings is 1. The third-order valence-electron chi connectivity index (χ3n) is 2.34. The van der Waals surface area contributed by atoms with Gasteiger partial charge >= 0.3 is 0 Å². The molecule has 0 heterocycles. The monoisotopic (exact) mass is 445 g/mol. The van der Waals surface area contributed by atoms with Crippen molar-refractivity contribution in [2.45, 2.75) is 6.54 Å². The van der Waals surface area contributed by atoms with Crippen LogP contribution in [0.15, 0.2) is 31.6 Å². The molecule has 0 spiro atoms. The van der Waals surface area contributed by atoms with Gasteiger partial charge in [0, 0.05) is 25.7 Å². The summed E-state index contributed by atoms with van der Waals surface area (Å²) in [7, 11) is 1.68. The van der Waals surface area contributed by atoms with E-state index in [-0.39, 0.29) is 6.61 Å². The van der Waals surface area contributed by atoms with Gasteiger partial charge in [-0.3, -0.25) is 0 Å². The molecule has 1 N–H and O–H groups in total. The number of nitrogens with one attached hydrogen (secondary N) is 1. The molecule has 0 radical (unpaired) electrons. The molecule has 1 aromatic carbocycles. The molecule has 7 heteroatoms. The number of ether oxygens (including phenoxy) is 2. The van der Waals surface area contributed by atoms with Crippen LogP contribution in [0.1, 0.15) is 5.56 Å². The molecule has 0 saturated carbocycles. The van der Waals surface area contributed by atoms with Crippen LogP contribution in [0.25, 0.3) is 0 Å². The molecular weight excluding hydrogens is 433 g/mol. The smallest absolute Gasteiger partial charge is 0.148 e. The molecule has 0 fully saturated rings. The standard InChI is InChI=1S/C13H15Br2Cl2NO2/c1-19-3-2-18-7-9-4-11(14)13(12(15)5-9)20-8-10(17)6-16/h4-6,18H,2-3,7-8H2,1H3/b10-6-. The molecule has 0 atom stereocenters. The average molecular weight is 448 g/mol. The van der Waals surface area contributed by atoms with Crippen LogP contribution in [0.4, 0.5) is 0 Å². The largest absolute Gasteiger partial charge is 0.486 e. The van der Waals surface area contributed by atoms with Gasteiger partial charge in [0.25, 0.3) is 0 Å². The summed E-state index contributed by atoms with van der Waals surface area (Å²) in [4.78, 5) is 0. The van der Waals surface area contributed by atoms with E-state index in [4.69, 9.17) is 32.7 Å². The Hall–Kier alpha value is 0.220. The van der Waals surface area contributed by atoms with Crippen molar-refractivity contribution in [1.82, 2.24) is 5.32 Å². The first-order valence-electron chi connectivity index (χ1n) is 5.83. The van der Waals surface area contributed by atoms with Crippen LogP contribution >= 0.6 is 55.1 Å². The van der Waals surface area contributed by atoms with E-state index in [1.54, 1.807) is 7.11 Å². The second kappa shape index (κ2) is 10.0. The summed E-state index contributed by atoms with van der Waals surface area (Å²) in [5, 5.41) is 3.72. The molecule has 20 heavy (non-hydrogen) atoms. The maximum atomic E-state index is 5.80. The summed E-state index contributed by atoms with van der Waals surface area (Å²) in [6.45, 7) is 2.48. The highest BCUT2D eigenvalue weighted by Crippen LogP contribution is 2.35. The Morgan fingerprint density at radius 1 is 1.35 bits per heavy atom. The van der Waals surface area contributed by atoms with Crippen molar-refractivity contribution in [3.05, 3.63) is 37.2 Å². The van der Waals surface area contributed by atoms with E-state index in [9.17, 15) is 0 Å². The van der Waals surface area contributed by atoms with Gasteiger partial charge in [-0.2, -0.15) is 0 Å². The maximum Gasteiger partial charge on any atom is 0.148 e. The number of halogens is 4. The first-order chi connectivity index (χ1) is 9.58. The van der Waals surface area contributed by atoms with Gasteiger partial charge in [0.1, 0.15) is 12.4 Å². The lowest BCUT2D eigenvalue weighted by molar-refractivity contribution is 0.199. The van der Waals surface area contributed by atoms with Gasteiger partial charge in [-0.25, -0.2) is 0 Å². The molecule has 0 aliphatic rings. The molecule has 0 amide bonds. The van der Waals surface area contributed by atoms with E-state index in [2.05, 4.69) is 37.2 Å². The lowest BCUT2D eigenvalue weighted by Crippen LogP contribution is -2.18. The normalized spacial score (nSPS) is 11.8. The van der Waals surface area contributed by atoms with Crippen LogP contribution in [0.3, 0.4) is 0 Å². The van der Waals surface area contributed by atoms with E-state index in [1.807, 2.05) is 12.1 Å². The Kier molecular flexibility index (Phi) is 9.16. The number of rotatable bonds is 8. The molecule has 0 unspecified atom stereocenters. The average Bonchev–Trinajstić information content (AvgIpc) is 2.42. The molecular formula is C13H15Br2Cl2NO2. The topological polar surface area (TPSA) is 30.5 Å². The quantitative estimate of drug-likeness (QED) is 0.588. The first-order valence-corrected chi connectivity index (χ1v) is 8.23. The van der Waals surface area contributed by atoms with E-state index in [0.29, 0.717) is 17.4 Å². The van der Waals surface area contributed by atoms with Crippen molar-refractivity contribution in [1.29, 1.82) is 0 Å². The van der Waals surface area contributed by atoms with Gasteiger partial charge < -0.3 is 14.8 Å². The van der Waals surface area contributed by atoms with Crippen molar-refractivity contribution in [2.24, 2.45) is 0 Å². The molecule has 0 aromatic heterocycles. The summed E-state index contributed by atoms with van der Waals surface area (Å²) in [6, 6.07) is 4.00. The molecule has 0 bridgehead atoms. The van der Waals surface area contributed by atoms with Crippen LogP contribution in [0.5, 0.6) is 5.75 Å². The van der Waals surface area contributed by atoms with Crippen LogP contribution < -0.4 is 10.1 Å². The van der Waals surface area contributed by atoms with Gasteiger partial charge in [0.15, 0.2) is 0 Å². The second-order valence-corrected chi connectivity index (χ2v) is 6.32.